The lowest BCUT2D eigenvalue weighted by Crippen LogP contribution is -2.40. The topological polar surface area (TPSA) is 87.7 Å². The molecule has 3 aromatic heterocycles. The van der Waals surface area contributed by atoms with Crippen LogP contribution in [0.15, 0.2) is 61.2 Å². The zero-order valence-corrected chi connectivity index (χ0v) is 16.5. The number of amides is 1. The van der Waals surface area contributed by atoms with E-state index >= 15 is 0 Å². The molecule has 1 aliphatic rings. The van der Waals surface area contributed by atoms with E-state index in [1.807, 2.05) is 41.3 Å². The Morgan fingerprint density at radius 2 is 2.07 bits per heavy atom. The average molecular weight is 398 g/mol. The minimum atomic E-state index is 0.000809. The molecule has 4 heterocycles. The van der Waals surface area contributed by atoms with Crippen LogP contribution in [0.2, 0.25) is 0 Å². The Morgan fingerprint density at radius 3 is 2.97 bits per heavy atom. The molecule has 7 nitrogen and oxygen atoms in total. The third-order valence-electron chi connectivity index (χ3n) is 5.55. The Bertz CT molecular complexity index is 1170. The molecule has 1 atom stereocenters. The number of imidazole rings is 1. The Morgan fingerprint density at radius 1 is 1.13 bits per heavy atom. The van der Waals surface area contributed by atoms with Crippen LogP contribution in [0.4, 0.5) is 0 Å². The Hall–Kier alpha value is -3.61. The number of piperidine rings is 1. The van der Waals surface area contributed by atoms with Gasteiger partial charge in [-0.1, -0.05) is 24.3 Å². The number of benzene rings is 1. The molecule has 1 unspecified atom stereocenters. The molecule has 1 aromatic carbocycles. The lowest BCUT2D eigenvalue weighted by atomic mass is 9.93. The summed E-state index contributed by atoms with van der Waals surface area (Å²) in [6.07, 6.45) is 9.83. The highest BCUT2D eigenvalue weighted by molar-refractivity contribution is 5.95. The minimum absolute atomic E-state index is 0.000809. The third-order valence-corrected chi connectivity index (χ3v) is 5.55. The highest BCUT2D eigenvalue weighted by Crippen LogP contribution is 2.23. The van der Waals surface area contributed by atoms with Crippen molar-refractivity contribution in [3.05, 3.63) is 72.6 Å². The molecule has 5 rings (SSSR count). The number of fused-ring (bicyclic) bond motifs is 1. The van der Waals surface area contributed by atoms with Crippen LogP contribution in [0.5, 0.6) is 0 Å². The van der Waals surface area contributed by atoms with Crippen LogP contribution in [-0.2, 0) is 6.42 Å². The minimum Gasteiger partial charge on any atom is -0.343 e. The molecule has 1 aliphatic heterocycles. The number of para-hydroxylation sites is 1. The number of nitrogens with one attached hydrogen (secondary N) is 1. The van der Waals surface area contributed by atoms with E-state index in [4.69, 9.17) is 4.98 Å². The number of hydrogen-bond acceptors (Lipinski definition) is 5. The van der Waals surface area contributed by atoms with Gasteiger partial charge in [0, 0.05) is 37.1 Å². The van der Waals surface area contributed by atoms with Gasteiger partial charge >= 0.3 is 0 Å². The predicted molar refractivity (Wildman–Crippen MR) is 114 cm³/mol. The van der Waals surface area contributed by atoms with Crippen molar-refractivity contribution in [2.75, 3.05) is 13.1 Å². The summed E-state index contributed by atoms with van der Waals surface area (Å²) in [6, 6.07) is 11.7. The maximum absolute atomic E-state index is 13.1. The van der Waals surface area contributed by atoms with E-state index in [0.717, 1.165) is 48.1 Å². The molecule has 4 aromatic rings. The summed E-state index contributed by atoms with van der Waals surface area (Å²) in [5.74, 6) is 1.07. The molecule has 1 N–H and O–H groups in total. The summed E-state index contributed by atoms with van der Waals surface area (Å²) < 4.78 is 0. The van der Waals surface area contributed by atoms with E-state index in [0.29, 0.717) is 24.0 Å². The molecule has 0 saturated carbocycles. The summed E-state index contributed by atoms with van der Waals surface area (Å²) in [5, 5.41) is 1.04. The van der Waals surface area contributed by atoms with Gasteiger partial charge in [-0.05, 0) is 37.3 Å². The SMILES string of the molecule is O=C(c1ccc2ccccc2n1)N1CCCC(Cc2cncc(-c3ncc[nH]3)n2)C1. The van der Waals surface area contributed by atoms with Crippen molar-refractivity contribution in [2.45, 2.75) is 19.3 Å². The second-order valence-electron chi connectivity index (χ2n) is 7.69. The number of H-pyrrole nitrogens is 1. The van der Waals surface area contributed by atoms with Gasteiger partial charge < -0.3 is 9.88 Å². The van der Waals surface area contributed by atoms with Crippen molar-refractivity contribution in [3.63, 3.8) is 0 Å². The summed E-state index contributed by atoms with van der Waals surface area (Å²) in [6.45, 7) is 1.47. The van der Waals surface area contributed by atoms with Crippen LogP contribution >= 0.6 is 0 Å². The second-order valence-corrected chi connectivity index (χ2v) is 7.69. The maximum atomic E-state index is 13.1. The number of carbonyl (C=O) groups excluding carboxylic acids is 1. The van der Waals surface area contributed by atoms with Crippen LogP contribution in [0.25, 0.3) is 22.4 Å². The van der Waals surface area contributed by atoms with Gasteiger partial charge in [-0.3, -0.25) is 9.78 Å². The number of carbonyl (C=O) groups is 1. The van der Waals surface area contributed by atoms with Gasteiger partial charge in [0.2, 0.25) is 0 Å². The molecule has 1 fully saturated rings. The molecule has 0 spiro atoms. The van der Waals surface area contributed by atoms with Crippen molar-refractivity contribution in [3.8, 4) is 11.5 Å². The molecule has 0 bridgehead atoms. The number of aromatic nitrogens is 5. The lowest BCUT2D eigenvalue weighted by Gasteiger charge is -2.32. The third kappa shape index (κ3) is 3.78. The molecule has 1 saturated heterocycles. The zero-order valence-electron chi connectivity index (χ0n) is 16.5. The highest BCUT2D eigenvalue weighted by Gasteiger charge is 2.26. The van der Waals surface area contributed by atoms with Crippen molar-refractivity contribution < 1.29 is 4.79 Å². The van der Waals surface area contributed by atoms with Crippen LogP contribution in [0, 0.1) is 5.92 Å². The molecular weight excluding hydrogens is 376 g/mol. The first kappa shape index (κ1) is 18.4. The first-order chi connectivity index (χ1) is 14.8. The van der Waals surface area contributed by atoms with Gasteiger partial charge in [-0.25, -0.2) is 15.0 Å². The molecule has 0 radical (unpaired) electrons. The number of pyridine rings is 1. The maximum Gasteiger partial charge on any atom is 0.272 e. The second kappa shape index (κ2) is 8.02. The summed E-state index contributed by atoms with van der Waals surface area (Å²) in [7, 11) is 0. The Kier molecular flexibility index (Phi) is 4.93. The largest absolute Gasteiger partial charge is 0.343 e. The summed E-state index contributed by atoms with van der Waals surface area (Å²) in [5.41, 5.74) is 3.02. The smallest absolute Gasteiger partial charge is 0.272 e. The quantitative estimate of drug-likeness (QED) is 0.568. The van der Waals surface area contributed by atoms with Gasteiger partial charge in [0.05, 0.1) is 17.4 Å². The lowest BCUT2D eigenvalue weighted by molar-refractivity contribution is 0.0667. The predicted octanol–water partition coefficient (Wildman–Crippen LogP) is 3.51. The van der Waals surface area contributed by atoms with Crippen LogP contribution in [-0.4, -0.2) is 48.8 Å². The molecule has 7 heteroatoms. The fourth-order valence-electron chi connectivity index (χ4n) is 4.08. The Balaban J connectivity index is 1.30. The summed E-state index contributed by atoms with van der Waals surface area (Å²) in [4.78, 5) is 35.9. The number of hydrogen-bond donors (Lipinski definition) is 1. The van der Waals surface area contributed by atoms with Crippen LogP contribution in [0.3, 0.4) is 0 Å². The van der Waals surface area contributed by atoms with E-state index in [1.54, 1.807) is 24.8 Å². The van der Waals surface area contributed by atoms with Crippen molar-refractivity contribution in [1.82, 2.24) is 29.8 Å². The van der Waals surface area contributed by atoms with Gasteiger partial charge in [0.15, 0.2) is 5.82 Å². The number of nitrogens with zero attached hydrogens (tertiary/aromatic N) is 5. The highest BCUT2D eigenvalue weighted by atomic mass is 16.2. The first-order valence-electron chi connectivity index (χ1n) is 10.2. The Labute approximate surface area is 174 Å². The summed E-state index contributed by atoms with van der Waals surface area (Å²) >= 11 is 0. The fraction of sp³-hybridized carbons (Fsp3) is 0.261. The van der Waals surface area contributed by atoms with Gasteiger partial charge in [0.25, 0.3) is 5.91 Å². The monoisotopic (exact) mass is 398 g/mol. The van der Waals surface area contributed by atoms with Gasteiger partial charge in [-0.2, -0.15) is 0 Å². The standard InChI is InChI=1S/C23H22N6O/c30-23(20-8-7-17-5-1-2-6-19(17)28-20)29-11-3-4-16(15-29)12-18-13-24-14-21(27-18)22-25-9-10-26-22/h1-2,5-10,13-14,16H,3-4,11-12,15H2,(H,25,26). The zero-order chi connectivity index (χ0) is 20.3. The van der Waals surface area contributed by atoms with E-state index in [-0.39, 0.29) is 5.91 Å². The van der Waals surface area contributed by atoms with Gasteiger partial charge in [0.1, 0.15) is 11.4 Å². The van der Waals surface area contributed by atoms with E-state index < -0.39 is 0 Å². The number of aromatic amines is 1. The van der Waals surface area contributed by atoms with E-state index in [9.17, 15) is 4.79 Å². The van der Waals surface area contributed by atoms with Crippen molar-refractivity contribution >= 4 is 16.8 Å². The first-order valence-corrected chi connectivity index (χ1v) is 10.2. The molecule has 1 amide bonds. The molecule has 150 valence electrons. The fourth-order valence-corrected chi connectivity index (χ4v) is 4.08. The number of rotatable bonds is 4. The molecular formula is C23H22N6O. The van der Waals surface area contributed by atoms with Gasteiger partial charge in [-0.15, -0.1) is 0 Å². The van der Waals surface area contributed by atoms with E-state index in [1.165, 1.54) is 0 Å². The van der Waals surface area contributed by atoms with Crippen molar-refractivity contribution in [2.24, 2.45) is 5.92 Å². The van der Waals surface area contributed by atoms with E-state index in [2.05, 4.69) is 19.9 Å². The van der Waals surface area contributed by atoms with Crippen LogP contribution in [0.1, 0.15) is 29.0 Å². The normalized spacial score (nSPS) is 16.7. The average Bonchev–Trinajstić information content (AvgIpc) is 3.34. The number of likely N-dealkylation sites (tertiary alicyclic amines) is 1. The molecule has 30 heavy (non-hydrogen) atoms. The van der Waals surface area contributed by atoms with Crippen LogP contribution < -0.4 is 0 Å². The molecule has 0 aliphatic carbocycles. The van der Waals surface area contributed by atoms with Crippen molar-refractivity contribution in [1.29, 1.82) is 0 Å².